The molecule has 1 aromatic heterocycles. The number of hydrogen-bond acceptors (Lipinski definition) is 6. The molecule has 1 heterocycles. The van der Waals surface area contributed by atoms with E-state index in [9.17, 15) is 0 Å². The van der Waals surface area contributed by atoms with Crippen molar-refractivity contribution in [3.63, 3.8) is 0 Å². The van der Waals surface area contributed by atoms with Gasteiger partial charge in [-0.15, -0.1) is 0 Å². The predicted octanol–water partition coefficient (Wildman–Crippen LogP) is 0.904. The van der Waals surface area contributed by atoms with Crippen LogP contribution in [0.5, 0.6) is 5.88 Å². The van der Waals surface area contributed by atoms with E-state index in [0.717, 1.165) is 0 Å². The highest BCUT2D eigenvalue weighted by Gasteiger charge is 2.07. The van der Waals surface area contributed by atoms with Crippen LogP contribution in [-0.4, -0.2) is 36.3 Å². The van der Waals surface area contributed by atoms with Crippen LogP contribution >= 0.6 is 0 Å². The molecule has 0 bridgehead atoms. The Morgan fingerprint density at radius 2 is 2.19 bits per heavy atom. The molecule has 0 atom stereocenters. The highest BCUT2D eigenvalue weighted by molar-refractivity contribution is 5.66. The van der Waals surface area contributed by atoms with Crippen molar-refractivity contribution >= 4 is 11.5 Å². The molecule has 0 aliphatic carbocycles. The van der Waals surface area contributed by atoms with Crippen LogP contribution in [0.25, 0.3) is 0 Å². The SMILES string of the molecule is COc1ncnc(NCCOC(C)C)c1N. The smallest absolute Gasteiger partial charge is 0.242 e. The van der Waals surface area contributed by atoms with Gasteiger partial charge in [0.1, 0.15) is 12.0 Å². The molecule has 0 unspecified atom stereocenters. The lowest BCUT2D eigenvalue weighted by Crippen LogP contribution is -2.15. The molecule has 0 spiro atoms. The lowest BCUT2D eigenvalue weighted by Gasteiger charge is -2.11. The zero-order chi connectivity index (χ0) is 12.0. The minimum Gasteiger partial charge on any atom is -0.479 e. The van der Waals surface area contributed by atoms with E-state index >= 15 is 0 Å². The van der Waals surface area contributed by atoms with Crippen molar-refractivity contribution in [2.24, 2.45) is 0 Å². The molecule has 0 saturated heterocycles. The first kappa shape index (κ1) is 12.5. The molecule has 16 heavy (non-hydrogen) atoms. The standard InChI is InChI=1S/C10H18N4O2/c1-7(2)16-5-4-12-9-8(11)10(15-3)14-6-13-9/h6-7H,4-5,11H2,1-3H3,(H,12,13,14). The van der Waals surface area contributed by atoms with E-state index in [2.05, 4.69) is 15.3 Å². The van der Waals surface area contributed by atoms with E-state index in [0.29, 0.717) is 30.5 Å². The van der Waals surface area contributed by atoms with Crippen LogP contribution in [0.4, 0.5) is 11.5 Å². The molecule has 0 amide bonds. The quantitative estimate of drug-likeness (QED) is 0.701. The molecule has 0 fully saturated rings. The Morgan fingerprint density at radius 3 is 2.81 bits per heavy atom. The van der Waals surface area contributed by atoms with E-state index in [4.69, 9.17) is 15.2 Å². The van der Waals surface area contributed by atoms with Crippen molar-refractivity contribution in [1.82, 2.24) is 9.97 Å². The maximum atomic E-state index is 5.78. The molecular formula is C10H18N4O2. The number of nitrogens with one attached hydrogen (secondary N) is 1. The summed E-state index contributed by atoms with van der Waals surface area (Å²) in [5, 5.41) is 3.06. The second kappa shape index (κ2) is 6.12. The number of aromatic nitrogens is 2. The number of methoxy groups -OCH3 is 1. The number of ether oxygens (including phenoxy) is 2. The zero-order valence-electron chi connectivity index (χ0n) is 9.86. The van der Waals surface area contributed by atoms with Crippen LogP contribution < -0.4 is 15.8 Å². The average molecular weight is 226 g/mol. The van der Waals surface area contributed by atoms with Crippen molar-refractivity contribution in [3.05, 3.63) is 6.33 Å². The number of nitrogens with zero attached hydrogens (tertiary/aromatic N) is 2. The highest BCUT2D eigenvalue weighted by Crippen LogP contribution is 2.23. The van der Waals surface area contributed by atoms with Gasteiger partial charge >= 0.3 is 0 Å². The molecule has 6 heteroatoms. The maximum absolute atomic E-state index is 5.78. The van der Waals surface area contributed by atoms with Gasteiger partial charge in [0.15, 0.2) is 5.82 Å². The third-order valence-corrected chi connectivity index (χ3v) is 1.89. The lowest BCUT2D eigenvalue weighted by molar-refractivity contribution is 0.0870. The molecule has 1 aromatic rings. The second-order valence-corrected chi connectivity index (χ2v) is 3.49. The Labute approximate surface area is 95.2 Å². The maximum Gasteiger partial charge on any atom is 0.242 e. The third-order valence-electron chi connectivity index (χ3n) is 1.89. The van der Waals surface area contributed by atoms with E-state index in [1.807, 2.05) is 13.8 Å². The van der Waals surface area contributed by atoms with E-state index in [1.165, 1.54) is 13.4 Å². The Kier molecular flexibility index (Phi) is 4.78. The third kappa shape index (κ3) is 3.54. The van der Waals surface area contributed by atoms with E-state index < -0.39 is 0 Å². The fraction of sp³-hybridized carbons (Fsp3) is 0.600. The molecule has 0 aliphatic heterocycles. The van der Waals surface area contributed by atoms with Crippen LogP contribution in [0.15, 0.2) is 6.33 Å². The molecule has 0 aromatic carbocycles. The summed E-state index contributed by atoms with van der Waals surface area (Å²) < 4.78 is 10.4. The predicted molar refractivity (Wildman–Crippen MR) is 62.6 cm³/mol. The summed E-state index contributed by atoms with van der Waals surface area (Å²) in [5.41, 5.74) is 6.19. The number of anilines is 2. The number of rotatable bonds is 6. The summed E-state index contributed by atoms with van der Waals surface area (Å²) in [4.78, 5) is 7.91. The topological polar surface area (TPSA) is 82.3 Å². The van der Waals surface area contributed by atoms with Crippen LogP contribution in [-0.2, 0) is 4.74 Å². The highest BCUT2D eigenvalue weighted by atomic mass is 16.5. The summed E-state index contributed by atoms with van der Waals surface area (Å²) >= 11 is 0. The normalized spacial score (nSPS) is 10.5. The van der Waals surface area contributed by atoms with Crippen LogP contribution in [0.2, 0.25) is 0 Å². The van der Waals surface area contributed by atoms with Gasteiger partial charge in [-0.2, -0.15) is 4.98 Å². The first-order chi connectivity index (χ1) is 7.65. The van der Waals surface area contributed by atoms with E-state index in [-0.39, 0.29) is 6.10 Å². The van der Waals surface area contributed by atoms with Crippen LogP contribution in [0.3, 0.4) is 0 Å². The minimum atomic E-state index is 0.221. The molecule has 1 rings (SSSR count). The number of nitrogen functional groups attached to an aromatic ring is 1. The van der Waals surface area contributed by atoms with Gasteiger partial charge in [-0.05, 0) is 13.8 Å². The van der Waals surface area contributed by atoms with Gasteiger partial charge in [0, 0.05) is 6.54 Å². The molecular weight excluding hydrogens is 208 g/mol. The zero-order valence-corrected chi connectivity index (χ0v) is 9.86. The Morgan fingerprint density at radius 1 is 1.44 bits per heavy atom. The van der Waals surface area contributed by atoms with Crippen molar-refractivity contribution in [1.29, 1.82) is 0 Å². The molecule has 0 radical (unpaired) electrons. The second-order valence-electron chi connectivity index (χ2n) is 3.49. The fourth-order valence-electron chi connectivity index (χ4n) is 1.15. The first-order valence-corrected chi connectivity index (χ1v) is 5.15. The summed E-state index contributed by atoms with van der Waals surface area (Å²) in [6.45, 7) is 5.22. The summed E-state index contributed by atoms with van der Waals surface area (Å²) in [7, 11) is 1.52. The average Bonchev–Trinajstić information content (AvgIpc) is 2.26. The fourth-order valence-corrected chi connectivity index (χ4v) is 1.15. The molecule has 0 aliphatic rings. The van der Waals surface area contributed by atoms with E-state index in [1.54, 1.807) is 0 Å². The number of hydrogen-bond donors (Lipinski definition) is 2. The summed E-state index contributed by atoms with van der Waals surface area (Å²) in [6.07, 6.45) is 1.62. The van der Waals surface area contributed by atoms with Crippen molar-refractivity contribution in [3.8, 4) is 5.88 Å². The summed E-state index contributed by atoms with van der Waals surface area (Å²) in [5.74, 6) is 0.946. The molecule has 0 saturated carbocycles. The van der Waals surface area contributed by atoms with Gasteiger partial charge in [0.05, 0.1) is 19.8 Å². The van der Waals surface area contributed by atoms with Gasteiger partial charge in [-0.25, -0.2) is 4.98 Å². The van der Waals surface area contributed by atoms with Gasteiger partial charge in [-0.1, -0.05) is 0 Å². The Bertz CT molecular complexity index is 331. The van der Waals surface area contributed by atoms with Crippen LogP contribution in [0.1, 0.15) is 13.8 Å². The van der Waals surface area contributed by atoms with Gasteiger partial charge in [-0.3, -0.25) is 0 Å². The molecule has 90 valence electrons. The van der Waals surface area contributed by atoms with Gasteiger partial charge in [0.25, 0.3) is 0 Å². The Hall–Kier alpha value is -1.56. The van der Waals surface area contributed by atoms with Crippen molar-refractivity contribution in [2.75, 3.05) is 31.3 Å². The first-order valence-electron chi connectivity index (χ1n) is 5.15. The lowest BCUT2D eigenvalue weighted by atomic mass is 10.4. The van der Waals surface area contributed by atoms with Crippen molar-refractivity contribution < 1.29 is 9.47 Å². The molecule has 3 N–H and O–H groups in total. The van der Waals surface area contributed by atoms with Gasteiger partial charge in [0.2, 0.25) is 5.88 Å². The largest absolute Gasteiger partial charge is 0.479 e. The van der Waals surface area contributed by atoms with Crippen molar-refractivity contribution in [2.45, 2.75) is 20.0 Å². The molecule has 6 nitrogen and oxygen atoms in total. The minimum absolute atomic E-state index is 0.221. The van der Waals surface area contributed by atoms with Gasteiger partial charge < -0.3 is 20.5 Å². The monoisotopic (exact) mass is 226 g/mol. The van der Waals surface area contributed by atoms with Crippen LogP contribution in [0, 0.1) is 0 Å². The summed E-state index contributed by atoms with van der Waals surface area (Å²) in [6, 6.07) is 0. The Balaban J connectivity index is 2.47. The number of nitrogens with two attached hydrogens (primary N) is 1.